The van der Waals surface area contributed by atoms with Gasteiger partial charge in [0, 0.05) is 25.1 Å². The van der Waals surface area contributed by atoms with Crippen LogP contribution in [0.15, 0.2) is 54.6 Å². The Hall–Kier alpha value is -2.80. The van der Waals surface area contributed by atoms with Gasteiger partial charge in [-0.1, -0.05) is 41.4 Å². The molecule has 8 heteroatoms. The summed E-state index contributed by atoms with van der Waals surface area (Å²) in [5.74, 6) is 1.32. The van der Waals surface area contributed by atoms with Gasteiger partial charge < -0.3 is 19.8 Å². The van der Waals surface area contributed by atoms with Crippen molar-refractivity contribution in [1.29, 1.82) is 0 Å². The van der Waals surface area contributed by atoms with Crippen LogP contribution in [0.3, 0.4) is 0 Å². The summed E-state index contributed by atoms with van der Waals surface area (Å²) in [6.45, 7) is 1.27. The number of aromatic amines is 1. The number of aromatic nitrogens is 2. The molecule has 0 aliphatic carbocycles. The van der Waals surface area contributed by atoms with E-state index in [9.17, 15) is 4.39 Å². The molecule has 3 aromatic carbocycles. The summed E-state index contributed by atoms with van der Waals surface area (Å²) in [6.07, 6.45) is 0.768. The molecular weight excluding hydrogens is 452 g/mol. The molecule has 32 heavy (non-hydrogen) atoms. The molecule has 0 aliphatic heterocycles. The van der Waals surface area contributed by atoms with Gasteiger partial charge in [-0.25, -0.2) is 9.37 Å². The summed E-state index contributed by atoms with van der Waals surface area (Å²) in [7, 11) is 1.54. The molecule has 2 N–H and O–H groups in total. The van der Waals surface area contributed by atoms with Crippen molar-refractivity contribution >= 4 is 34.2 Å². The number of halogens is 3. The van der Waals surface area contributed by atoms with Crippen molar-refractivity contribution in [2.24, 2.45) is 0 Å². The van der Waals surface area contributed by atoms with E-state index in [0.29, 0.717) is 28.1 Å². The molecule has 0 unspecified atom stereocenters. The lowest BCUT2D eigenvalue weighted by molar-refractivity contribution is 0.280. The van der Waals surface area contributed by atoms with Crippen molar-refractivity contribution in [1.82, 2.24) is 15.3 Å². The summed E-state index contributed by atoms with van der Waals surface area (Å²) in [5.41, 5.74) is 3.20. The zero-order chi connectivity index (χ0) is 22.5. The van der Waals surface area contributed by atoms with Gasteiger partial charge in [-0.2, -0.15) is 0 Å². The van der Waals surface area contributed by atoms with Crippen molar-refractivity contribution in [3.63, 3.8) is 0 Å². The first-order chi connectivity index (χ1) is 15.5. The minimum Gasteiger partial charge on any atom is -0.493 e. The summed E-state index contributed by atoms with van der Waals surface area (Å²) >= 11 is 12.5. The average molecular weight is 474 g/mol. The highest BCUT2D eigenvalue weighted by atomic mass is 35.5. The van der Waals surface area contributed by atoms with E-state index in [-0.39, 0.29) is 12.2 Å². The molecule has 166 valence electrons. The lowest BCUT2D eigenvalue weighted by Crippen LogP contribution is -2.17. The van der Waals surface area contributed by atoms with E-state index < -0.39 is 5.82 Å². The lowest BCUT2D eigenvalue weighted by Gasteiger charge is -2.15. The van der Waals surface area contributed by atoms with Crippen LogP contribution in [0.25, 0.3) is 11.0 Å². The monoisotopic (exact) mass is 473 g/mol. The van der Waals surface area contributed by atoms with Crippen LogP contribution in [0.2, 0.25) is 10.0 Å². The van der Waals surface area contributed by atoms with Gasteiger partial charge in [-0.05, 0) is 42.0 Å². The largest absolute Gasteiger partial charge is 0.493 e. The average Bonchev–Trinajstić information content (AvgIpc) is 3.20. The van der Waals surface area contributed by atoms with Crippen LogP contribution < -0.4 is 14.8 Å². The zero-order valence-corrected chi connectivity index (χ0v) is 18.9. The Balaban J connectivity index is 1.37. The molecule has 1 aromatic heterocycles. The van der Waals surface area contributed by atoms with E-state index in [2.05, 4.69) is 15.3 Å². The van der Waals surface area contributed by atoms with E-state index in [0.717, 1.165) is 35.4 Å². The summed E-state index contributed by atoms with van der Waals surface area (Å²) in [4.78, 5) is 7.90. The van der Waals surface area contributed by atoms with Crippen LogP contribution in [0, 0.1) is 5.82 Å². The maximum atomic E-state index is 14.0. The highest BCUT2D eigenvalue weighted by molar-refractivity contribution is 6.32. The van der Waals surface area contributed by atoms with Crippen LogP contribution in [0.1, 0.15) is 17.0 Å². The Bertz CT molecular complexity index is 1180. The second-order valence-corrected chi connectivity index (χ2v) is 8.04. The fourth-order valence-electron chi connectivity index (χ4n) is 3.39. The third kappa shape index (κ3) is 5.15. The first-order valence-corrected chi connectivity index (χ1v) is 10.9. The Labute approximate surface area is 195 Å². The molecule has 5 nitrogen and oxygen atoms in total. The number of nitrogens with zero attached hydrogens (tertiary/aromatic N) is 1. The topological polar surface area (TPSA) is 59.2 Å². The standard InChI is InChI=1S/C24H22Cl2FN3O2/c1-31-22-12-15(13-28-10-9-23-29-20-7-2-3-8-21(20)30-23)11-18(26)24(22)32-14-16-17(25)5-4-6-19(16)27/h2-8,11-12,28H,9-10,13-14H2,1H3,(H,29,30). The van der Waals surface area contributed by atoms with Gasteiger partial charge >= 0.3 is 0 Å². The second kappa shape index (κ2) is 10.2. The molecule has 4 aromatic rings. The maximum Gasteiger partial charge on any atom is 0.180 e. The van der Waals surface area contributed by atoms with Crippen molar-refractivity contribution < 1.29 is 13.9 Å². The summed E-state index contributed by atoms with van der Waals surface area (Å²) in [5, 5.41) is 4.06. The number of hydrogen-bond donors (Lipinski definition) is 2. The number of ether oxygens (including phenoxy) is 2. The van der Waals surface area contributed by atoms with Crippen LogP contribution in [0.5, 0.6) is 11.5 Å². The minimum absolute atomic E-state index is 0.0588. The van der Waals surface area contributed by atoms with Crippen LogP contribution in [0.4, 0.5) is 4.39 Å². The number of fused-ring (bicyclic) bond motifs is 1. The van der Waals surface area contributed by atoms with Gasteiger partial charge in [0.25, 0.3) is 0 Å². The summed E-state index contributed by atoms with van der Waals surface area (Å²) in [6, 6.07) is 16.1. The van der Waals surface area contributed by atoms with Gasteiger partial charge in [0.1, 0.15) is 18.2 Å². The minimum atomic E-state index is -0.433. The molecule has 0 amide bonds. The highest BCUT2D eigenvalue weighted by Gasteiger charge is 2.15. The zero-order valence-electron chi connectivity index (χ0n) is 17.4. The van der Waals surface area contributed by atoms with Crippen molar-refractivity contribution in [2.75, 3.05) is 13.7 Å². The third-order valence-corrected chi connectivity index (χ3v) is 5.65. The van der Waals surface area contributed by atoms with Crippen molar-refractivity contribution in [2.45, 2.75) is 19.6 Å². The van der Waals surface area contributed by atoms with E-state index in [1.165, 1.54) is 13.2 Å². The molecule has 4 rings (SSSR count). The van der Waals surface area contributed by atoms with E-state index in [1.54, 1.807) is 18.2 Å². The van der Waals surface area contributed by atoms with E-state index >= 15 is 0 Å². The van der Waals surface area contributed by atoms with Crippen LogP contribution in [-0.4, -0.2) is 23.6 Å². The number of hydrogen-bond acceptors (Lipinski definition) is 4. The Morgan fingerprint density at radius 1 is 1.06 bits per heavy atom. The molecule has 0 fully saturated rings. The molecule has 0 radical (unpaired) electrons. The van der Waals surface area contributed by atoms with Gasteiger partial charge in [0.2, 0.25) is 0 Å². The molecule has 0 spiro atoms. The number of H-pyrrole nitrogens is 1. The second-order valence-electron chi connectivity index (χ2n) is 7.23. The van der Waals surface area contributed by atoms with Gasteiger partial charge in [0.05, 0.1) is 28.2 Å². The van der Waals surface area contributed by atoms with Gasteiger partial charge in [-0.3, -0.25) is 0 Å². The number of benzene rings is 3. The fourth-order valence-corrected chi connectivity index (χ4v) is 3.90. The maximum absolute atomic E-state index is 14.0. The number of nitrogens with one attached hydrogen (secondary N) is 2. The van der Waals surface area contributed by atoms with Crippen molar-refractivity contribution in [3.05, 3.63) is 87.4 Å². The summed E-state index contributed by atoms with van der Waals surface area (Å²) < 4.78 is 25.2. The predicted octanol–water partition coefficient (Wildman–Crippen LogP) is 5.93. The Kier molecular flexibility index (Phi) is 7.15. The SMILES string of the molecule is COc1cc(CNCCc2nc3ccccc3[nH]2)cc(Cl)c1OCc1c(F)cccc1Cl. The molecule has 0 atom stereocenters. The van der Waals surface area contributed by atoms with Gasteiger partial charge in [-0.15, -0.1) is 0 Å². The van der Waals surface area contributed by atoms with Crippen LogP contribution >= 0.6 is 23.2 Å². The molecular formula is C24H22Cl2FN3O2. The number of imidazole rings is 1. The normalized spacial score (nSPS) is 11.1. The quantitative estimate of drug-likeness (QED) is 0.296. The number of rotatable bonds is 9. The van der Waals surface area contributed by atoms with E-state index in [4.69, 9.17) is 32.7 Å². The molecule has 0 bridgehead atoms. The predicted molar refractivity (Wildman–Crippen MR) is 125 cm³/mol. The molecule has 0 saturated heterocycles. The molecule has 0 saturated carbocycles. The Morgan fingerprint density at radius 2 is 1.91 bits per heavy atom. The lowest BCUT2D eigenvalue weighted by atomic mass is 10.2. The first-order valence-electron chi connectivity index (χ1n) is 10.1. The van der Waals surface area contributed by atoms with Crippen LogP contribution in [-0.2, 0) is 19.6 Å². The Morgan fingerprint density at radius 3 is 2.69 bits per heavy atom. The number of para-hydroxylation sites is 2. The first kappa shape index (κ1) is 22.4. The molecule has 0 aliphatic rings. The number of methoxy groups -OCH3 is 1. The van der Waals surface area contributed by atoms with E-state index in [1.807, 2.05) is 30.3 Å². The third-order valence-electron chi connectivity index (χ3n) is 5.02. The fraction of sp³-hybridized carbons (Fsp3) is 0.208. The highest BCUT2D eigenvalue weighted by Crippen LogP contribution is 2.37. The van der Waals surface area contributed by atoms with Crippen molar-refractivity contribution in [3.8, 4) is 11.5 Å². The van der Waals surface area contributed by atoms with Gasteiger partial charge in [0.15, 0.2) is 11.5 Å². The molecule has 1 heterocycles. The smallest absolute Gasteiger partial charge is 0.180 e.